The van der Waals surface area contributed by atoms with Gasteiger partial charge in [0.1, 0.15) is 18.4 Å². The number of carbonyl (C=O) groups excluding carboxylic acids is 2. The molecule has 1 atom stereocenters. The first-order valence-corrected chi connectivity index (χ1v) is 9.09. The van der Waals surface area contributed by atoms with Crippen LogP contribution in [-0.2, 0) is 16.1 Å². The summed E-state index contributed by atoms with van der Waals surface area (Å²) in [6, 6.07) is 11.0. The molecule has 2 aliphatic rings. The number of anilines is 2. The molecule has 0 aromatic heterocycles. The third-order valence-corrected chi connectivity index (χ3v) is 5.15. The molecule has 140 valence electrons. The maximum Gasteiger partial charge on any atom is 0.338 e. The smallest absolute Gasteiger partial charge is 0.338 e. The minimum absolute atomic E-state index is 0.00462. The lowest BCUT2D eigenvalue weighted by molar-refractivity contribution is -0.117. The third kappa shape index (κ3) is 3.23. The van der Waals surface area contributed by atoms with Crippen LogP contribution in [0.2, 0.25) is 0 Å². The Labute approximate surface area is 158 Å². The molecule has 1 saturated heterocycles. The number of carbonyl (C=O) groups is 2. The van der Waals surface area contributed by atoms with Crippen LogP contribution in [0.5, 0.6) is 5.75 Å². The molecule has 0 radical (unpaired) electrons. The number of hydrogen-bond donors (Lipinski definition) is 1. The van der Waals surface area contributed by atoms with Crippen molar-refractivity contribution in [3.63, 3.8) is 0 Å². The van der Waals surface area contributed by atoms with E-state index < -0.39 is 5.97 Å². The molecule has 6 nitrogen and oxygen atoms in total. The van der Waals surface area contributed by atoms with Crippen molar-refractivity contribution in [1.82, 2.24) is 0 Å². The molecule has 0 saturated carbocycles. The minimum Gasteiger partial charge on any atom is -0.496 e. The summed E-state index contributed by atoms with van der Waals surface area (Å²) in [7, 11) is 1.59. The number of nitrogens with one attached hydrogen (secondary N) is 1. The van der Waals surface area contributed by atoms with Gasteiger partial charge in [0.25, 0.3) is 0 Å². The van der Waals surface area contributed by atoms with E-state index in [2.05, 4.69) is 10.2 Å². The molecule has 6 heteroatoms. The van der Waals surface area contributed by atoms with E-state index in [1.807, 2.05) is 31.2 Å². The van der Waals surface area contributed by atoms with Crippen LogP contribution in [0.25, 0.3) is 0 Å². The Hall–Kier alpha value is -3.02. The largest absolute Gasteiger partial charge is 0.496 e. The molecule has 4 rings (SSSR count). The van der Waals surface area contributed by atoms with Crippen molar-refractivity contribution in [3.05, 3.63) is 53.1 Å². The summed E-state index contributed by atoms with van der Waals surface area (Å²) in [6.07, 6.45) is 1.87. The van der Waals surface area contributed by atoms with E-state index in [0.717, 1.165) is 36.2 Å². The molecule has 27 heavy (non-hydrogen) atoms. The van der Waals surface area contributed by atoms with E-state index in [-0.39, 0.29) is 18.6 Å². The molecular formula is C21H22N2O4. The second-order valence-electron chi connectivity index (χ2n) is 6.96. The number of amides is 1. The second-order valence-corrected chi connectivity index (χ2v) is 6.96. The van der Waals surface area contributed by atoms with E-state index in [9.17, 15) is 9.59 Å². The number of methoxy groups -OCH3 is 1. The van der Waals surface area contributed by atoms with Gasteiger partial charge in [-0.25, -0.2) is 4.79 Å². The molecule has 2 heterocycles. The van der Waals surface area contributed by atoms with Crippen LogP contribution in [0, 0.1) is 6.92 Å². The first-order chi connectivity index (χ1) is 13.1. The fourth-order valence-corrected chi connectivity index (χ4v) is 3.80. The average Bonchev–Trinajstić information content (AvgIpc) is 3.16. The van der Waals surface area contributed by atoms with Crippen LogP contribution in [0.15, 0.2) is 36.4 Å². The standard InChI is InChI=1S/C21H22N2O4/c1-13-5-8-19(26-2)15(10-13)12-27-21(25)14-6-7-17-16(11-14)22-20(24)18-4-3-9-23(17)18/h5-8,10-11,18H,3-4,9,12H2,1-2H3,(H,22,24)/t18-/m0/s1. The highest BCUT2D eigenvalue weighted by Crippen LogP contribution is 2.37. The van der Waals surface area contributed by atoms with Gasteiger partial charge in [-0.2, -0.15) is 0 Å². The summed E-state index contributed by atoms with van der Waals surface area (Å²) in [5.41, 5.74) is 3.93. The highest BCUT2D eigenvalue weighted by atomic mass is 16.5. The van der Waals surface area contributed by atoms with Gasteiger partial charge < -0.3 is 19.7 Å². The molecular weight excluding hydrogens is 344 g/mol. The van der Waals surface area contributed by atoms with Gasteiger partial charge in [-0.1, -0.05) is 11.6 Å². The van der Waals surface area contributed by atoms with E-state index >= 15 is 0 Å². The highest BCUT2D eigenvalue weighted by molar-refractivity contribution is 6.05. The molecule has 2 aromatic rings. The van der Waals surface area contributed by atoms with Crippen LogP contribution < -0.4 is 15.0 Å². The van der Waals surface area contributed by atoms with Crippen molar-refractivity contribution < 1.29 is 19.1 Å². The first-order valence-electron chi connectivity index (χ1n) is 9.09. The molecule has 0 aliphatic carbocycles. The Bertz CT molecular complexity index is 909. The van der Waals surface area contributed by atoms with Gasteiger partial charge in [0.05, 0.1) is 24.0 Å². The predicted molar refractivity (Wildman–Crippen MR) is 102 cm³/mol. The highest BCUT2D eigenvalue weighted by Gasteiger charge is 2.36. The summed E-state index contributed by atoms with van der Waals surface area (Å²) in [4.78, 5) is 26.9. The molecule has 2 aromatic carbocycles. The number of aryl methyl sites for hydroxylation is 1. The van der Waals surface area contributed by atoms with Crippen LogP contribution >= 0.6 is 0 Å². The van der Waals surface area contributed by atoms with Gasteiger partial charge in [0.15, 0.2) is 0 Å². The van der Waals surface area contributed by atoms with E-state index in [1.165, 1.54) is 0 Å². The zero-order valence-electron chi connectivity index (χ0n) is 15.5. The van der Waals surface area contributed by atoms with Crippen LogP contribution in [-0.4, -0.2) is 31.6 Å². The summed E-state index contributed by atoms with van der Waals surface area (Å²) >= 11 is 0. The number of hydrogen-bond acceptors (Lipinski definition) is 5. The monoisotopic (exact) mass is 366 g/mol. The zero-order chi connectivity index (χ0) is 19.0. The molecule has 1 amide bonds. The summed E-state index contributed by atoms with van der Waals surface area (Å²) in [6.45, 7) is 2.96. The van der Waals surface area contributed by atoms with Crippen molar-refractivity contribution in [2.75, 3.05) is 23.9 Å². The average molecular weight is 366 g/mol. The van der Waals surface area contributed by atoms with Crippen molar-refractivity contribution >= 4 is 23.3 Å². The fourth-order valence-electron chi connectivity index (χ4n) is 3.80. The number of ether oxygens (including phenoxy) is 2. The number of nitrogens with zero attached hydrogens (tertiary/aromatic N) is 1. The Morgan fingerprint density at radius 1 is 1.26 bits per heavy atom. The first kappa shape index (κ1) is 17.4. The van der Waals surface area contributed by atoms with Gasteiger partial charge in [-0.3, -0.25) is 4.79 Å². The van der Waals surface area contributed by atoms with Crippen molar-refractivity contribution in [1.29, 1.82) is 0 Å². The van der Waals surface area contributed by atoms with Gasteiger partial charge >= 0.3 is 5.97 Å². The number of rotatable bonds is 4. The predicted octanol–water partition coefficient (Wildman–Crippen LogP) is 3.28. The SMILES string of the molecule is COc1ccc(C)cc1COC(=O)c1ccc2c(c1)NC(=O)[C@@H]1CCCN21. The van der Waals surface area contributed by atoms with Crippen molar-refractivity contribution in [3.8, 4) is 5.75 Å². The summed E-state index contributed by atoms with van der Waals surface area (Å²) < 4.78 is 10.8. The number of benzene rings is 2. The molecule has 0 spiro atoms. The molecule has 0 unspecified atom stereocenters. The van der Waals surface area contributed by atoms with Crippen LogP contribution in [0.4, 0.5) is 11.4 Å². The Morgan fingerprint density at radius 2 is 2.11 bits per heavy atom. The quantitative estimate of drug-likeness (QED) is 0.841. The lowest BCUT2D eigenvalue weighted by Gasteiger charge is -2.33. The third-order valence-electron chi connectivity index (χ3n) is 5.15. The topological polar surface area (TPSA) is 67.9 Å². The maximum absolute atomic E-state index is 12.5. The molecule has 1 N–H and O–H groups in total. The Balaban J connectivity index is 1.51. The molecule has 2 aliphatic heterocycles. The lowest BCUT2D eigenvalue weighted by atomic mass is 10.1. The number of fused-ring (bicyclic) bond motifs is 3. The molecule has 1 fully saturated rings. The summed E-state index contributed by atoms with van der Waals surface area (Å²) in [5, 5.41) is 2.92. The van der Waals surface area contributed by atoms with Gasteiger partial charge in [-0.15, -0.1) is 0 Å². The maximum atomic E-state index is 12.5. The fraction of sp³-hybridized carbons (Fsp3) is 0.333. The van der Waals surface area contributed by atoms with Crippen molar-refractivity contribution in [2.24, 2.45) is 0 Å². The second kappa shape index (κ2) is 6.95. The van der Waals surface area contributed by atoms with Crippen LogP contribution in [0.3, 0.4) is 0 Å². The Kier molecular flexibility index (Phi) is 4.48. The summed E-state index contributed by atoms with van der Waals surface area (Å²) in [5.74, 6) is 0.250. The Morgan fingerprint density at radius 3 is 2.93 bits per heavy atom. The van der Waals surface area contributed by atoms with E-state index in [0.29, 0.717) is 17.0 Å². The molecule has 0 bridgehead atoms. The van der Waals surface area contributed by atoms with Crippen LogP contribution in [0.1, 0.15) is 34.3 Å². The lowest BCUT2D eigenvalue weighted by Crippen LogP contribution is -2.43. The van der Waals surface area contributed by atoms with Gasteiger partial charge in [-0.05, 0) is 50.1 Å². The van der Waals surface area contributed by atoms with E-state index in [4.69, 9.17) is 9.47 Å². The van der Waals surface area contributed by atoms with Crippen molar-refractivity contribution in [2.45, 2.75) is 32.4 Å². The minimum atomic E-state index is -0.431. The normalized spacial score (nSPS) is 17.8. The van der Waals surface area contributed by atoms with Gasteiger partial charge in [0, 0.05) is 12.1 Å². The number of esters is 1. The van der Waals surface area contributed by atoms with Gasteiger partial charge in [0.2, 0.25) is 5.91 Å². The van der Waals surface area contributed by atoms with E-state index in [1.54, 1.807) is 19.2 Å². The zero-order valence-corrected chi connectivity index (χ0v) is 15.5.